The van der Waals surface area contributed by atoms with E-state index in [1.807, 2.05) is 6.08 Å². The number of hydrogen-bond donors (Lipinski definition) is 0. The predicted molar refractivity (Wildman–Crippen MR) is 105 cm³/mol. The molecule has 0 saturated carbocycles. The van der Waals surface area contributed by atoms with Gasteiger partial charge in [-0.05, 0) is 12.8 Å². The summed E-state index contributed by atoms with van der Waals surface area (Å²) in [5, 5.41) is 10.9. The van der Waals surface area contributed by atoms with Crippen molar-refractivity contribution in [3.8, 4) is 0 Å². The molecule has 1 saturated heterocycles. The maximum Gasteiger partial charge on any atom is 1.00 e. The zero-order chi connectivity index (χ0) is 20.6. The summed E-state index contributed by atoms with van der Waals surface area (Å²) in [5.74, 6) is -0.194. The Morgan fingerprint density at radius 1 is 1.03 bits per heavy atom. The van der Waals surface area contributed by atoms with E-state index >= 15 is 0 Å². The van der Waals surface area contributed by atoms with Crippen LogP contribution < -0.4 is 108 Å². The van der Waals surface area contributed by atoms with Gasteiger partial charge in [-0.2, -0.15) is 8.42 Å². The van der Waals surface area contributed by atoms with Gasteiger partial charge >= 0.3 is 103 Å². The number of epoxide rings is 1. The molecule has 2 atom stereocenters. The number of sulfone groups is 1. The molecule has 1 fully saturated rings. The molecule has 0 aromatic rings. The maximum absolute atomic E-state index is 10.9. The van der Waals surface area contributed by atoms with Gasteiger partial charge in [-0.25, -0.2) is 8.42 Å². The Labute approximate surface area is 261 Å². The van der Waals surface area contributed by atoms with Gasteiger partial charge in [0.15, 0.2) is 9.84 Å². The minimum absolute atomic E-state index is 0. The molecule has 1 heterocycles. The van der Waals surface area contributed by atoms with Crippen LogP contribution in [0.2, 0.25) is 0 Å². The molecule has 1 rings (SSSR count). The van der Waals surface area contributed by atoms with Crippen LogP contribution >= 0.6 is 0 Å². The maximum atomic E-state index is 10.9. The van der Waals surface area contributed by atoms with Crippen molar-refractivity contribution in [3.05, 3.63) is 50.6 Å². The summed E-state index contributed by atoms with van der Waals surface area (Å²) < 4.78 is 51.4. The summed E-state index contributed by atoms with van der Waals surface area (Å²) >= 11 is 0. The first kappa shape index (κ1) is 41.2. The minimum atomic E-state index is -3.60. The van der Waals surface area contributed by atoms with Gasteiger partial charge in [-0.3, -0.25) is 4.18 Å². The van der Waals surface area contributed by atoms with E-state index in [1.54, 1.807) is 0 Å². The molecule has 1 aliphatic heterocycles. The van der Waals surface area contributed by atoms with E-state index in [0.717, 1.165) is 13.0 Å². The number of rotatable bonds is 11. The van der Waals surface area contributed by atoms with Gasteiger partial charge in [-0.1, -0.05) is 30.4 Å². The van der Waals surface area contributed by atoms with Crippen molar-refractivity contribution in [2.45, 2.75) is 25.0 Å². The topological polar surface area (TPSA) is 143 Å². The fraction of sp³-hybridized carbons (Fsp3) is 0.529. The molecule has 2 unspecified atom stereocenters. The first-order valence-corrected chi connectivity index (χ1v) is 11.4. The molecule has 0 spiro atoms. The van der Waals surface area contributed by atoms with Crippen LogP contribution in [0.3, 0.4) is 0 Å². The van der Waals surface area contributed by atoms with Crippen LogP contribution in [0.4, 0.5) is 0 Å². The zero-order valence-corrected chi connectivity index (χ0v) is 25.5. The summed E-state index contributed by atoms with van der Waals surface area (Å²) in [7, 11) is -6.39. The van der Waals surface area contributed by atoms with Crippen molar-refractivity contribution in [2.75, 3.05) is 31.0 Å². The predicted octanol–water partition coefficient (Wildman–Crippen LogP) is -5.17. The van der Waals surface area contributed by atoms with E-state index in [9.17, 15) is 21.9 Å². The van der Waals surface area contributed by atoms with E-state index in [1.165, 1.54) is 24.5 Å². The summed E-state index contributed by atoms with van der Waals surface area (Å²) in [6.45, 7) is 14.0. The van der Waals surface area contributed by atoms with Crippen LogP contribution in [-0.4, -0.2) is 65.5 Å². The van der Waals surface area contributed by atoms with Gasteiger partial charge in [0.2, 0.25) is 0 Å². The van der Waals surface area contributed by atoms with E-state index in [0.29, 0.717) is 6.10 Å². The molecular formula is C17H30K2O8S2. The summed E-state index contributed by atoms with van der Waals surface area (Å²) in [5.41, 5.74) is 0. The Morgan fingerprint density at radius 2 is 1.52 bits per heavy atom. The molecular weight excluding hydrogens is 475 g/mol. The molecule has 1 aliphatic rings. The molecule has 0 aromatic carbocycles. The molecule has 1 N–H and O–H groups in total. The first-order chi connectivity index (χ1) is 12.0. The van der Waals surface area contributed by atoms with Crippen LogP contribution in [0.5, 0.6) is 0 Å². The number of hydrogen-bond acceptors (Lipinski definition) is 8. The van der Waals surface area contributed by atoms with Gasteiger partial charge in [0.1, 0.15) is 0 Å². The van der Waals surface area contributed by atoms with Gasteiger partial charge in [-0.15, -0.1) is 26.3 Å². The van der Waals surface area contributed by atoms with E-state index < -0.39 is 26.1 Å². The molecule has 0 aliphatic carbocycles. The average Bonchev–Trinajstić information content (AvgIpc) is 3.30. The van der Waals surface area contributed by atoms with Crippen LogP contribution in [-0.2, 0) is 28.9 Å². The summed E-state index contributed by atoms with van der Waals surface area (Å²) in [6, 6.07) is 0. The Morgan fingerprint density at radius 3 is 1.76 bits per heavy atom. The van der Waals surface area contributed by atoms with Gasteiger partial charge < -0.3 is 15.3 Å². The molecule has 0 bridgehead atoms. The Kier molecular flexibility index (Phi) is 35.0. The van der Waals surface area contributed by atoms with Crippen LogP contribution in [0.15, 0.2) is 50.6 Å². The van der Waals surface area contributed by atoms with Crippen molar-refractivity contribution >= 4 is 20.0 Å². The average molecular weight is 505 g/mol. The fourth-order valence-electron chi connectivity index (χ4n) is 1.23. The quantitative estimate of drug-likeness (QED) is 0.118. The van der Waals surface area contributed by atoms with E-state index in [2.05, 4.69) is 30.5 Å². The SMILES string of the molecule is C=CCC([O-])COS(=O)(=O)CC=C.C=CCC1CO1.C=CCS(C)(=O)=O.[K+].[K+].[OH-]. The van der Waals surface area contributed by atoms with Gasteiger partial charge in [0.25, 0.3) is 10.1 Å². The van der Waals surface area contributed by atoms with Crippen molar-refractivity contribution in [1.82, 2.24) is 0 Å². The second-order valence-electron chi connectivity index (χ2n) is 5.30. The van der Waals surface area contributed by atoms with Crippen molar-refractivity contribution < 1.29 is 139 Å². The van der Waals surface area contributed by atoms with Gasteiger partial charge in [0, 0.05) is 6.26 Å². The van der Waals surface area contributed by atoms with Crippen molar-refractivity contribution in [2.24, 2.45) is 0 Å². The Balaban J connectivity index is -0.000000103. The summed E-state index contributed by atoms with van der Waals surface area (Å²) in [6.07, 6.45) is 7.76. The molecule has 0 aromatic heterocycles. The molecule has 160 valence electrons. The molecule has 8 nitrogen and oxygen atoms in total. The Hall–Kier alpha value is 1.97. The van der Waals surface area contributed by atoms with Crippen molar-refractivity contribution in [1.29, 1.82) is 0 Å². The van der Waals surface area contributed by atoms with Gasteiger partial charge in [0.05, 0.1) is 30.8 Å². The third-order valence-corrected chi connectivity index (χ3v) is 4.42. The second kappa shape index (κ2) is 24.6. The first-order valence-electron chi connectivity index (χ1n) is 7.77. The molecule has 29 heavy (non-hydrogen) atoms. The third kappa shape index (κ3) is 37.6. The molecule has 0 amide bonds. The van der Waals surface area contributed by atoms with E-state index in [-0.39, 0.29) is 133 Å². The van der Waals surface area contributed by atoms with Crippen LogP contribution in [0.25, 0.3) is 0 Å². The molecule has 12 heteroatoms. The summed E-state index contributed by atoms with van der Waals surface area (Å²) in [4.78, 5) is 0. The van der Waals surface area contributed by atoms with Crippen LogP contribution in [0.1, 0.15) is 12.8 Å². The van der Waals surface area contributed by atoms with Crippen molar-refractivity contribution in [3.63, 3.8) is 0 Å². The second-order valence-corrected chi connectivity index (χ2v) is 9.17. The minimum Gasteiger partial charge on any atom is -0.870 e. The normalized spacial score (nSPS) is 14.9. The largest absolute Gasteiger partial charge is 1.00 e. The third-order valence-electron chi connectivity index (χ3n) is 2.44. The zero-order valence-electron chi connectivity index (χ0n) is 17.7. The molecule has 0 radical (unpaired) electrons. The fourth-order valence-corrected chi connectivity index (χ4v) is 2.40. The monoisotopic (exact) mass is 504 g/mol. The number of ether oxygens (including phenoxy) is 1. The van der Waals surface area contributed by atoms with Crippen LogP contribution in [0, 0.1) is 0 Å². The standard InChI is InChI=1S/C8H13O4S.C5H8O.C4H8O2S.2K.H2O/c1-3-5-8(9)7-12-13(10,11)6-4-2;1-2-3-5-4-6-5;1-3-4-7(2,5)6;;;/h3-4,8H,1-2,5-7H2;2,5H,1,3-4H2;3H,1,4H2,2H3;;;1H2/q-1;;;2*+1;/p-1. The smallest absolute Gasteiger partial charge is 0.870 e. The Bertz CT molecular complexity index is 630. The van der Waals surface area contributed by atoms with E-state index in [4.69, 9.17) is 4.74 Å².